The zero-order valence-electron chi connectivity index (χ0n) is 32.5. The zero-order valence-corrected chi connectivity index (χ0v) is 33.4. The number of carbonyl (C=O) groups is 2. The molecule has 4 aromatic rings. The monoisotopic (exact) mass is 771 g/mol. The Labute approximate surface area is 330 Å². The molecule has 55 heavy (non-hydrogen) atoms. The van der Waals surface area contributed by atoms with E-state index in [2.05, 4.69) is 26.5 Å². The Morgan fingerprint density at radius 3 is 2.20 bits per heavy atom. The Kier molecular flexibility index (Phi) is 19.8. The van der Waals surface area contributed by atoms with Crippen molar-refractivity contribution in [1.82, 2.24) is 4.98 Å². The number of thiazole rings is 1. The lowest BCUT2D eigenvalue weighted by Crippen LogP contribution is -2.18. The second-order valence-corrected chi connectivity index (χ2v) is 14.3. The predicted molar refractivity (Wildman–Crippen MR) is 222 cm³/mol. The van der Waals surface area contributed by atoms with Gasteiger partial charge in [0.25, 0.3) is 0 Å². The quantitative estimate of drug-likeness (QED) is 0.0106. The first kappa shape index (κ1) is 43.0. The van der Waals surface area contributed by atoms with Crippen molar-refractivity contribution in [2.24, 2.45) is 5.10 Å². The SMILES string of the molecule is C=CC(=O)OCCCCCCOc1ccc(C(=O)Oc2ccc(OOCCCCCCCC)cc2/C=N/N(CCCCCC)c2nc3ccccc3s2)cc1. The molecule has 3 aromatic carbocycles. The van der Waals surface area contributed by atoms with E-state index in [1.165, 1.54) is 31.8 Å². The number of nitrogens with zero attached hydrogens (tertiary/aromatic N) is 3. The molecule has 0 aliphatic carbocycles. The van der Waals surface area contributed by atoms with Gasteiger partial charge in [-0.05, 0) is 93.1 Å². The Balaban J connectivity index is 1.41. The van der Waals surface area contributed by atoms with Crippen LogP contribution in [0.2, 0.25) is 0 Å². The molecule has 296 valence electrons. The fraction of sp³-hybridized carbons (Fsp3) is 0.455. The third-order valence-corrected chi connectivity index (χ3v) is 9.84. The summed E-state index contributed by atoms with van der Waals surface area (Å²) in [5.74, 6) is 0.592. The summed E-state index contributed by atoms with van der Waals surface area (Å²) in [5.41, 5.74) is 1.88. The Morgan fingerprint density at radius 1 is 0.782 bits per heavy atom. The molecule has 1 heterocycles. The third kappa shape index (κ3) is 15.9. The van der Waals surface area contributed by atoms with Crippen molar-refractivity contribution in [3.63, 3.8) is 0 Å². The second kappa shape index (κ2) is 25.4. The molecule has 0 bridgehead atoms. The maximum absolute atomic E-state index is 13.4. The summed E-state index contributed by atoms with van der Waals surface area (Å²) in [6.45, 7) is 9.93. The summed E-state index contributed by atoms with van der Waals surface area (Å²) in [7, 11) is 0. The molecular weight excluding hydrogens is 715 g/mol. The minimum Gasteiger partial charge on any atom is -0.494 e. The number of hydrogen-bond donors (Lipinski definition) is 0. The third-order valence-electron chi connectivity index (χ3n) is 8.79. The number of aromatic nitrogens is 1. The molecule has 4 rings (SSSR count). The standard InChI is InChI=1S/C44H57N3O7S/c1-4-7-9-11-12-20-32-52-54-38-27-28-40(53-43(49)35-23-25-37(26-24-35)50-30-18-13-14-19-31-51-42(48)6-3)36(33-38)34-45-47(29-17-10-8-5-2)44-46-39-21-15-16-22-41(39)55-44/h6,15-16,21-28,33-34H,3-5,7-14,17-20,29-32H2,1-2H3/b45-34+. The van der Waals surface area contributed by atoms with Crippen LogP contribution in [0.15, 0.2) is 84.5 Å². The van der Waals surface area contributed by atoms with Crippen LogP contribution >= 0.6 is 11.3 Å². The molecule has 0 aliphatic rings. The number of para-hydroxylation sites is 1. The fourth-order valence-electron chi connectivity index (χ4n) is 5.64. The number of rotatable bonds is 28. The molecule has 0 atom stereocenters. The Hall–Kier alpha value is -4.74. The van der Waals surface area contributed by atoms with Crippen LogP contribution in [-0.4, -0.2) is 49.5 Å². The molecule has 0 aliphatic heterocycles. The largest absolute Gasteiger partial charge is 0.494 e. The maximum atomic E-state index is 13.4. The molecule has 11 heteroatoms. The van der Waals surface area contributed by atoms with Gasteiger partial charge in [-0.2, -0.15) is 9.99 Å². The van der Waals surface area contributed by atoms with Crippen LogP contribution in [0.25, 0.3) is 10.2 Å². The van der Waals surface area contributed by atoms with Gasteiger partial charge in [-0.25, -0.2) is 19.6 Å². The summed E-state index contributed by atoms with van der Waals surface area (Å²) in [5, 5.41) is 7.62. The van der Waals surface area contributed by atoms with Gasteiger partial charge in [0.1, 0.15) is 11.5 Å². The van der Waals surface area contributed by atoms with E-state index >= 15 is 0 Å². The number of hydrazone groups is 1. The summed E-state index contributed by atoms with van der Waals surface area (Å²) >= 11 is 1.60. The van der Waals surface area contributed by atoms with Crippen LogP contribution < -0.4 is 19.4 Å². The van der Waals surface area contributed by atoms with Gasteiger partial charge in [-0.3, -0.25) is 0 Å². The summed E-state index contributed by atoms with van der Waals surface area (Å²) < 4.78 is 17.9. The van der Waals surface area contributed by atoms with Crippen molar-refractivity contribution in [3.05, 3.63) is 90.5 Å². The van der Waals surface area contributed by atoms with Gasteiger partial charge < -0.3 is 19.1 Å². The van der Waals surface area contributed by atoms with Crippen molar-refractivity contribution in [3.8, 4) is 17.2 Å². The second-order valence-electron chi connectivity index (χ2n) is 13.3. The van der Waals surface area contributed by atoms with Crippen LogP contribution in [0.3, 0.4) is 0 Å². The summed E-state index contributed by atoms with van der Waals surface area (Å²) in [4.78, 5) is 40.6. The highest BCUT2D eigenvalue weighted by Crippen LogP contribution is 2.30. The van der Waals surface area contributed by atoms with Gasteiger partial charge in [-0.1, -0.05) is 95.3 Å². The van der Waals surface area contributed by atoms with Gasteiger partial charge in [0.15, 0.2) is 5.75 Å². The number of anilines is 1. The molecule has 1 aromatic heterocycles. The van der Waals surface area contributed by atoms with E-state index in [0.717, 1.165) is 79.6 Å². The van der Waals surface area contributed by atoms with Gasteiger partial charge in [0, 0.05) is 18.2 Å². The van der Waals surface area contributed by atoms with E-state index in [1.54, 1.807) is 60.0 Å². The first-order valence-electron chi connectivity index (χ1n) is 19.9. The van der Waals surface area contributed by atoms with Gasteiger partial charge in [0.05, 0.1) is 41.8 Å². The van der Waals surface area contributed by atoms with Crippen molar-refractivity contribution in [1.29, 1.82) is 0 Å². The first-order valence-corrected chi connectivity index (χ1v) is 20.7. The number of hydrogen-bond acceptors (Lipinski definition) is 11. The number of unbranched alkanes of at least 4 members (excludes halogenated alkanes) is 11. The number of esters is 2. The van der Waals surface area contributed by atoms with Crippen LogP contribution in [0.4, 0.5) is 5.13 Å². The molecule has 0 saturated carbocycles. The van der Waals surface area contributed by atoms with E-state index in [-0.39, 0.29) is 0 Å². The van der Waals surface area contributed by atoms with E-state index in [9.17, 15) is 9.59 Å². The molecule has 0 saturated heterocycles. The first-order chi connectivity index (χ1) is 27.0. The van der Waals surface area contributed by atoms with Crippen LogP contribution in [-0.2, 0) is 14.4 Å². The van der Waals surface area contributed by atoms with E-state index in [0.29, 0.717) is 54.7 Å². The zero-order chi connectivity index (χ0) is 38.9. The lowest BCUT2D eigenvalue weighted by Gasteiger charge is -2.16. The normalized spacial score (nSPS) is 11.2. The lowest BCUT2D eigenvalue weighted by atomic mass is 10.1. The van der Waals surface area contributed by atoms with E-state index in [1.807, 2.05) is 23.2 Å². The molecule has 0 fully saturated rings. The predicted octanol–water partition coefficient (Wildman–Crippen LogP) is 11.3. The molecule has 0 unspecified atom stereocenters. The smallest absolute Gasteiger partial charge is 0.343 e. The van der Waals surface area contributed by atoms with Crippen molar-refractivity contribution in [2.45, 2.75) is 104 Å². The highest BCUT2D eigenvalue weighted by atomic mass is 32.1. The Bertz CT molecular complexity index is 1720. The molecule has 0 N–H and O–H groups in total. The number of carbonyl (C=O) groups excluding carboxylic acids is 2. The molecule has 0 radical (unpaired) electrons. The van der Waals surface area contributed by atoms with Gasteiger partial charge >= 0.3 is 11.9 Å². The van der Waals surface area contributed by atoms with Crippen molar-refractivity contribution >= 4 is 44.8 Å². The minimum atomic E-state index is -0.506. The molecule has 0 spiro atoms. The van der Waals surface area contributed by atoms with Crippen molar-refractivity contribution in [2.75, 3.05) is 31.4 Å². The van der Waals surface area contributed by atoms with Crippen LogP contribution in [0, 0.1) is 0 Å². The van der Waals surface area contributed by atoms with Crippen molar-refractivity contribution < 1.29 is 33.6 Å². The number of ether oxygens (including phenoxy) is 3. The molecular formula is C44H57N3O7S. The summed E-state index contributed by atoms with van der Waals surface area (Å²) in [6.07, 6.45) is 17.7. The lowest BCUT2D eigenvalue weighted by molar-refractivity contribution is -0.207. The topological polar surface area (TPSA) is 109 Å². The fourth-order valence-corrected chi connectivity index (χ4v) is 6.59. The summed E-state index contributed by atoms with van der Waals surface area (Å²) in [6, 6.07) is 20.2. The van der Waals surface area contributed by atoms with E-state index < -0.39 is 11.9 Å². The minimum absolute atomic E-state index is 0.340. The number of benzene rings is 3. The van der Waals surface area contributed by atoms with Crippen LogP contribution in [0.1, 0.15) is 120 Å². The molecule has 10 nitrogen and oxygen atoms in total. The number of fused-ring (bicyclic) bond motifs is 1. The molecule has 0 amide bonds. The van der Waals surface area contributed by atoms with Gasteiger partial charge in [0.2, 0.25) is 5.13 Å². The maximum Gasteiger partial charge on any atom is 0.343 e. The highest BCUT2D eigenvalue weighted by molar-refractivity contribution is 7.22. The average molecular weight is 772 g/mol. The Morgan fingerprint density at radius 2 is 1.45 bits per heavy atom. The highest BCUT2D eigenvalue weighted by Gasteiger charge is 2.15. The van der Waals surface area contributed by atoms with Gasteiger partial charge in [-0.15, -0.1) is 0 Å². The van der Waals surface area contributed by atoms with E-state index in [4.69, 9.17) is 34.1 Å². The van der Waals surface area contributed by atoms with Crippen LogP contribution in [0.5, 0.6) is 17.2 Å². The average Bonchev–Trinajstić information content (AvgIpc) is 3.64.